The number of aryl methyl sites for hydroxylation is 2. The van der Waals surface area contributed by atoms with Crippen LogP contribution in [0.4, 0.5) is 0 Å². The summed E-state index contributed by atoms with van der Waals surface area (Å²) in [5, 5.41) is 16.3. The first kappa shape index (κ1) is 15.5. The number of nitrogens with zero attached hydrogens (tertiary/aromatic N) is 2. The molecule has 0 aromatic carbocycles. The molecule has 0 bridgehead atoms. The van der Waals surface area contributed by atoms with Gasteiger partial charge in [-0.15, -0.1) is 0 Å². The van der Waals surface area contributed by atoms with Gasteiger partial charge in [-0.3, -0.25) is 9.48 Å². The number of ether oxygens (including phenoxy) is 1. The largest absolute Gasteiger partial charge is 0.480 e. The molecule has 0 radical (unpaired) electrons. The molecular formula is C13H23N3O3. The van der Waals surface area contributed by atoms with Gasteiger partial charge in [0.1, 0.15) is 5.69 Å². The summed E-state index contributed by atoms with van der Waals surface area (Å²) in [5.74, 6) is 0.470. The maximum Gasteiger partial charge on any atom is 0.257 e. The second kappa shape index (κ2) is 7.13. The second-order valence-electron chi connectivity index (χ2n) is 4.61. The van der Waals surface area contributed by atoms with Gasteiger partial charge >= 0.3 is 0 Å². The summed E-state index contributed by atoms with van der Waals surface area (Å²) in [6.07, 6.45) is 0.900. The highest BCUT2D eigenvalue weighted by Gasteiger charge is 2.12. The van der Waals surface area contributed by atoms with Crippen LogP contribution in [0.25, 0.3) is 0 Å². The van der Waals surface area contributed by atoms with E-state index in [1.54, 1.807) is 4.68 Å². The summed E-state index contributed by atoms with van der Waals surface area (Å²) in [5.41, 5.74) is 1.67. The standard InChI is InChI=1S/C13H23N3O3/c1-5-11(17)6-7-14-12(18)8-19-13-9(2)15-16(4)10(13)3/h11,17H,5-8H2,1-4H3,(H,14,18). The fraction of sp³-hybridized carbons (Fsp3) is 0.692. The molecule has 0 aliphatic carbocycles. The Morgan fingerprint density at radius 2 is 2.21 bits per heavy atom. The zero-order valence-electron chi connectivity index (χ0n) is 12.1. The lowest BCUT2D eigenvalue weighted by molar-refractivity contribution is -0.123. The van der Waals surface area contributed by atoms with Gasteiger partial charge in [0.2, 0.25) is 0 Å². The van der Waals surface area contributed by atoms with Crippen molar-refractivity contribution in [3.63, 3.8) is 0 Å². The summed E-state index contributed by atoms with van der Waals surface area (Å²) in [6, 6.07) is 0. The highest BCUT2D eigenvalue weighted by atomic mass is 16.5. The third-order valence-corrected chi connectivity index (χ3v) is 3.06. The fourth-order valence-electron chi connectivity index (χ4n) is 1.73. The number of aliphatic hydroxyl groups excluding tert-OH is 1. The van der Waals surface area contributed by atoms with Crippen LogP contribution in [0.15, 0.2) is 0 Å². The fourth-order valence-corrected chi connectivity index (χ4v) is 1.73. The van der Waals surface area contributed by atoms with Crippen molar-refractivity contribution >= 4 is 5.91 Å². The summed E-state index contributed by atoms with van der Waals surface area (Å²) < 4.78 is 7.20. The van der Waals surface area contributed by atoms with Crippen LogP contribution in [0.5, 0.6) is 5.75 Å². The lowest BCUT2D eigenvalue weighted by Crippen LogP contribution is -2.31. The van der Waals surface area contributed by atoms with E-state index in [-0.39, 0.29) is 18.6 Å². The maximum atomic E-state index is 11.6. The van der Waals surface area contributed by atoms with E-state index in [4.69, 9.17) is 4.74 Å². The summed E-state index contributed by atoms with van der Waals surface area (Å²) in [6.45, 7) is 6.07. The molecule has 6 heteroatoms. The van der Waals surface area contributed by atoms with Gasteiger partial charge in [-0.25, -0.2) is 0 Å². The number of hydrogen-bond donors (Lipinski definition) is 2. The number of aromatic nitrogens is 2. The van der Waals surface area contributed by atoms with Gasteiger partial charge in [0, 0.05) is 13.6 Å². The van der Waals surface area contributed by atoms with Gasteiger partial charge in [0.25, 0.3) is 5.91 Å². The van der Waals surface area contributed by atoms with Crippen molar-refractivity contribution in [3.05, 3.63) is 11.4 Å². The molecule has 2 N–H and O–H groups in total. The number of rotatable bonds is 7. The second-order valence-corrected chi connectivity index (χ2v) is 4.61. The monoisotopic (exact) mass is 269 g/mol. The van der Waals surface area contributed by atoms with Crippen molar-refractivity contribution in [2.45, 2.75) is 39.7 Å². The predicted molar refractivity (Wildman–Crippen MR) is 72.1 cm³/mol. The van der Waals surface area contributed by atoms with Crippen LogP contribution in [0.1, 0.15) is 31.2 Å². The minimum Gasteiger partial charge on any atom is -0.480 e. The molecule has 19 heavy (non-hydrogen) atoms. The number of nitrogens with one attached hydrogen (secondary N) is 1. The molecule has 1 heterocycles. The SMILES string of the molecule is CCC(O)CCNC(=O)COc1c(C)nn(C)c1C. The minimum atomic E-state index is -0.357. The van der Waals surface area contributed by atoms with Gasteiger partial charge in [0.05, 0.1) is 11.8 Å². The van der Waals surface area contributed by atoms with E-state index >= 15 is 0 Å². The first-order valence-electron chi connectivity index (χ1n) is 6.53. The molecule has 0 spiro atoms. The topological polar surface area (TPSA) is 76.4 Å². The highest BCUT2D eigenvalue weighted by molar-refractivity contribution is 5.77. The van der Waals surface area contributed by atoms with Crippen LogP contribution in [0.2, 0.25) is 0 Å². The third kappa shape index (κ3) is 4.55. The molecule has 0 aliphatic heterocycles. The molecule has 1 aromatic rings. The van der Waals surface area contributed by atoms with Gasteiger partial charge in [-0.05, 0) is 26.7 Å². The van der Waals surface area contributed by atoms with Crippen LogP contribution < -0.4 is 10.1 Å². The van der Waals surface area contributed by atoms with E-state index in [2.05, 4.69) is 10.4 Å². The first-order valence-corrected chi connectivity index (χ1v) is 6.53. The number of amides is 1. The van der Waals surface area contributed by atoms with Crippen molar-refractivity contribution in [3.8, 4) is 5.75 Å². The van der Waals surface area contributed by atoms with E-state index in [1.807, 2.05) is 27.8 Å². The smallest absolute Gasteiger partial charge is 0.257 e. The lowest BCUT2D eigenvalue weighted by atomic mass is 10.2. The molecule has 1 unspecified atom stereocenters. The van der Waals surface area contributed by atoms with Crippen LogP contribution in [-0.2, 0) is 11.8 Å². The highest BCUT2D eigenvalue weighted by Crippen LogP contribution is 2.20. The number of carbonyl (C=O) groups excluding carboxylic acids is 1. The molecule has 1 rings (SSSR count). The van der Waals surface area contributed by atoms with Gasteiger partial charge in [-0.2, -0.15) is 5.10 Å². The van der Waals surface area contributed by atoms with E-state index in [1.165, 1.54) is 0 Å². The van der Waals surface area contributed by atoms with Gasteiger partial charge in [-0.1, -0.05) is 6.92 Å². The zero-order valence-corrected chi connectivity index (χ0v) is 12.1. The Bertz CT molecular complexity index is 429. The molecule has 1 atom stereocenters. The maximum absolute atomic E-state index is 11.6. The normalized spacial score (nSPS) is 12.3. The molecule has 6 nitrogen and oxygen atoms in total. The quantitative estimate of drug-likeness (QED) is 0.763. The van der Waals surface area contributed by atoms with Crippen molar-refractivity contribution in [2.75, 3.05) is 13.2 Å². The number of carbonyl (C=O) groups is 1. The van der Waals surface area contributed by atoms with Crippen molar-refractivity contribution in [2.24, 2.45) is 7.05 Å². The van der Waals surface area contributed by atoms with E-state index in [9.17, 15) is 9.90 Å². The van der Waals surface area contributed by atoms with Gasteiger partial charge < -0.3 is 15.2 Å². The van der Waals surface area contributed by atoms with Crippen molar-refractivity contribution in [1.82, 2.24) is 15.1 Å². The minimum absolute atomic E-state index is 0.0321. The lowest BCUT2D eigenvalue weighted by Gasteiger charge is -2.10. The third-order valence-electron chi connectivity index (χ3n) is 3.06. The molecule has 1 amide bonds. The summed E-state index contributed by atoms with van der Waals surface area (Å²) in [7, 11) is 1.83. The Kier molecular flexibility index (Phi) is 5.82. The molecule has 0 saturated carbocycles. The van der Waals surface area contributed by atoms with Gasteiger partial charge in [0.15, 0.2) is 12.4 Å². The van der Waals surface area contributed by atoms with Crippen LogP contribution in [0.3, 0.4) is 0 Å². The number of aliphatic hydroxyl groups is 1. The van der Waals surface area contributed by atoms with Crippen molar-refractivity contribution in [1.29, 1.82) is 0 Å². The predicted octanol–water partition coefficient (Wildman–Crippen LogP) is 0.693. The zero-order chi connectivity index (χ0) is 14.4. The Morgan fingerprint density at radius 1 is 1.53 bits per heavy atom. The molecular weight excluding hydrogens is 246 g/mol. The van der Waals surface area contributed by atoms with E-state index in [0.717, 1.165) is 11.4 Å². The molecule has 0 aliphatic rings. The Hall–Kier alpha value is -1.56. The Morgan fingerprint density at radius 3 is 2.74 bits per heavy atom. The average Bonchev–Trinajstić information content (AvgIpc) is 2.61. The van der Waals surface area contributed by atoms with Crippen molar-refractivity contribution < 1.29 is 14.6 Å². The first-order chi connectivity index (χ1) is 8.95. The molecule has 0 fully saturated rings. The number of hydrogen-bond acceptors (Lipinski definition) is 4. The molecule has 1 aromatic heterocycles. The molecule has 108 valence electrons. The summed E-state index contributed by atoms with van der Waals surface area (Å²) in [4.78, 5) is 11.6. The van der Waals surface area contributed by atoms with E-state index in [0.29, 0.717) is 25.1 Å². The Balaban J connectivity index is 2.34. The summed E-state index contributed by atoms with van der Waals surface area (Å²) >= 11 is 0. The average molecular weight is 269 g/mol. The van der Waals surface area contributed by atoms with Crippen LogP contribution >= 0.6 is 0 Å². The Labute approximate surface area is 113 Å². The van der Waals surface area contributed by atoms with Crippen LogP contribution in [0, 0.1) is 13.8 Å². The molecule has 0 saturated heterocycles. The van der Waals surface area contributed by atoms with E-state index < -0.39 is 0 Å². The van der Waals surface area contributed by atoms with Crippen LogP contribution in [-0.4, -0.2) is 40.0 Å².